The van der Waals surface area contributed by atoms with Gasteiger partial charge in [0.2, 0.25) is 0 Å². The zero-order chi connectivity index (χ0) is 10.6. The van der Waals surface area contributed by atoms with E-state index in [0.29, 0.717) is 6.08 Å². The van der Waals surface area contributed by atoms with Gasteiger partial charge in [0, 0.05) is 0 Å². The number of aliphatic hydroxyl groups excluding tert-OH is 1. The van der Waals surface area contributed by atoms with Gasteiger partial charge in [-0.15, -0.1) is 0 Å². The van der Waals surface area contributed by atoms with Crippen molar-refractivity contribution in [2.24, 2.45) is 5.73 Å². The Morgan fingerprint density at radius 2 is 2.08 bits per heavy atom. The summed E-state index contributed by atoms with van der Waals surface area (Å²) in [6.07, 6.45) is 0.744. The first kappa shape index (κ1) is 11.9. The van der Waals surface area contributed by atoms with E-state index in [1.54, 1.807) is 0 Å². The van der Waals surface area contributed by atoms with E-state index in [0.717, 1.165) is 0 Å². The lowest BCUT2D eigenvalue weighted by Crippen LogP contribution is -2.21. The van der Waals surface area contributed by atoms with E-state index in [1.165, 1.54) is 6.92 Å². The van der Waals surface area contributed by atoms with Crippen molar-refractivity contribution < 1.29 is 22.9 Å². The molecule has 0 aliphatic carbocycles. The van der Waals surface area contributed by atoms with E-state index in [4.69, 9.17) is 9.66 Å². The van der Waals surface area contributed by atoms with Gasteiger partial charge < -0.3 is 10.8 Å². The fourth-order valence-electron chi connectivity index (χ4n) is 0.673. The number of nitrogens with two attached hydrogens (primary N) is 1. The molecular formula is C6H11NO5S. The Morgan fingerprint density at radius 3 is 2.31 bits per heavy atom. The van der Waals surface area contributed by atoms with Gasteiger partial charge in [-0.3, -0.25) is 9.35 Å². The minimum Gasteiger partial charge on any atom is -0.503 e. The molecule has 0 saturated heterocycles. The fraction of sp³-hybridized carbons (Fsp3) is 0.500. The molecule has 13 heavy (non-hydrogen) atoms. The van der Waals surface area contributed by atoms with Crippen molar-refractivity contribution >= 4 is 16.0 Å². The lowest BCUT2D eigenvalue weighted by atomic mass is 10.3. The highest BCUT2D eigenvalue weighted by Crippen LogP contribution is 2.07. The number of primary amides is 1. The van der Waals surface area contributed by atoms with Crippen molar-refractivity contribution in [3.05, 3.63) is 11.8 Å². The lowest BCUT2D eigenvalue weighted by Gasteiger charge is -2.05. The van der Waals surface area contributed by atoms with Crippen LogP contribution in [0, 0.1) is 0 Å². The summed E-state index contributed by atoms with van der Waals surface area (Å²) in [5.41, 5.74) is 4.65. The summed E-state index contributed by atoms with van der Waals surface area (Å²) in [5, 5.41) is 7.50. The normalized spacial score (nSPS) is 15.4. The van der Waals surface area contributed by atoms with E-state index < -0.39 is 27.0 Å². The Kier molecular flexibility index (Phi) is 3.89. The molecule has 0 aromatic heterocycles. The smallest absolute Gasteiger partial charge is 0.283 e. The first-order valence-electron chi connectivity index (χ1n) is 3.46. The standard InChI is InChI=1S/C6H11NO5S/c1-2-4(13(10,11)12)3-5(8)6(7)9/h3-4,8H,2H2,1H3,(H2,7,9)(H,10,11,12). The summed E-state index contributed by atoms with van der Waals surface area (Å²) >= 11 is 0. The van der Waals surface area contributed by atoms with Gasteiger partial charge in [0.25, 0.3) is 16.0 Å². The number of rotatable bonds is 4. The van der Waals surface area contributed by atoms with E-state index in [9.17, 15) is 13.2 Å². The van der Waals surface area contributed by atoms with E-state index >= 15 is 0 Å². The van der Waals surface area contributed by atoms with Crippen LogP contribution in [0.25, 0.3) is 0 Å². The predicted octanol–water partition coefficient (Wildman–Crippen LogP) is -0.420. The lowest BCUT2D eigenvalue weighted by molar-refractivity contribution is -0.116. The molecule has 1 amide bonds. The number of hydrogen-bond acceptors (Lipinski definition) is 4. The quantitative estimate of drug-likeness (QED) is 0.330. The monoisotopic (exact) mass is 209 g/mol. The molecule has 1 atom stereocenters. The molecule has 0 heterocycles. The average Bonchev–Trinajstić information content (AvgIpc) is 1.96. The van der Waals surface area contributed by atoms with E-state index in [2.05, 4.69) is 5.73 Å². The molecule has 0 aliphatic heterocycles. The van der Waals surface area contributed by atoms with Gasteiger partial charge in [-0.1, -0.05) is 6.92 Å². The molecule has 4 N–H and O–H groups in total. The molecule has 0 aromatic carbocycles. The first-order chi connectivity index (χ1) is 5.79. The topological polar surface area (TPSA) is 118 Å². The molecule has 76 valence electrons. The second kappa shape index (κ2) is 4.24. The summed E-state index contributed by atoms with van der Waals surface area (Å²) in [6, 6.07) is 0. The van der Waals surface area contributed by atoms with Crippen molar-refractivity contribution in [2.75, 3.05) is 0 Å². The van der Waals surface area contributed by atoms with Gasteiger partial charge in [-0.05, 0) is 12.5 Å². The zero-order valence-electron chi connectivity index (χ0n) is 6.97. The van der Waals surface area contributed by atoms with Gasteiger partial charge in [0.05, 0.1) is 0 Å². The van der Waals surface area contributed by atoms with Gasteiger partial charge in [-0.2, -0.15) is 8.42 Å². The maximum absolute atomic E-state index is 10.6. The van der Waals surface area contributed by atoms with Crippen molar-refractivity contribution in [1.82, 2.24) is 0 Å². The number of carbonyl (C=O) groups excluding carboxylic acids is 1. The Hall–Kier alpha value is -1.08. The molecule has 7 heteroatoms. The summed E-state index contributed by atoms with van der Waals surface area (Å²) < 4.78 is 29.7. The second-order valence-electron chi connectivity index (χ2n) is 2.38. The van der Waals surface area contributed by atoms with Crippen molar-refractivity contribution in [1.29, 1.82) is 0 Å². The van der Waals surface area contributed by atoms with Crippen molar-refractivity contribution in [3.8, 4) is 0 Å². The number of carbonyl (C=O) groups is 1. The van der Waals surface area contributed by atoms with Crippen LogP contribution in [0.1, 0.15) is 13.3 Å². The highest BCUT2D eigenvalue weighted by molar-refractivity contribution is 7.86. The third-order valence-corrected chi connectivity index (χ3v) is 2.62. The van der Waals surface area contributed by atoms with Crippen LogP contribution in [-0.2, 0) is 14.9 Å². The van der Waals surface area contributed by atoms with E-state index in [1.807, 2.05) is 0 Å². The zero-order valence-corrected chi connectivity index (χ0v) is 7.78. The van der Waals surface area contributed by atoms with Crippen LogP contribution in [0.3, 0.4) is 0 Å². The molecule has 0 fully saturated rings. The molecule has 0 radical (unpaired) electrons. The van der Waals surface area contributed by atoms with Crippen LogP contribution in [0.5, 0.6) is 0 Å². The molecule has 0 spiro atoms. The molecule has 1 unspecified atom stereocenters. The van der Waals surface area contributed by atoms with Gasteiger partial charge in [-0.25, -0.2) is 0 Å². The average molecular weight is 209 g/mol. The maximum Gasteiger partial charge on any atom is 0.283 e. The van der Waals surface area contributed by atoms with Gasteiger partial charge >= 0.3 is 0 Å². The molecule has 0 rings (SSSR count). The van der Waals surface area contributed by atoms with Crippen LogP contribution >= 0.6 is 0 Å². The fourth-order valence-corrected chi connectivity index (χ4v) is 1.39. The number of hydrogen-bond donors (Lipinski definition) is 3. The van der Waals surface area contributed by atoms with Gasteiger partial charge in [0.1, 0.15) is 5.25 Å². The second-order valence-corrected chi connectivity index (χ2v) is 4.01. The minimum absolute atomic E-state index is 0.0379. The van der Waals surface area contributed by atoms with E-state index in [-0.39, 0.29) is 6.42 Å². The highest BCUT2D eigenvalue weighted by atomic mass is 32.2. The highest BCUT2D eigenvalue weighted by Gasteiger charge is 2.20. The van der Waals surface area contributed by atoms with Crippen molar-refractivity contribution in [3.63, 3.8) is 0 Å². The molecule has 0 aromatic rings. The van der Waals surface area contributed by atoms with Crippen molar-refractivity contribution in [2.45, 2.75) is 18.6 Å². The molecule has 0 saturated carbocycles. The third kappa shape index (κ3) is 3.90. The minimum atomic E-state index is -4.29. The maximum atomic E-state index is 10.6. The molecular weight excluding hydrogens is 198 g/mol. The van der Waals surface area contributed by atoms with Gasteiger partial charge in [0.15, 0.2) is 5.76 Å². The van der Waals surface area contributed by atoms with Crippen LogP contribution in [0.2, 0.25) is 0 Å². The molecule has 6 nitrogen and oxygen atoms in total. The molecule has 0 aliphatic rings. The first-order valence-corrected chi connectivity index (χ1v) is 4.96. The Morgan fingerprint density at radius 1 is 1.62 bits per heavy atom. The number of aliphatic hydroxyl groups is 1. The third-order valence-electron chi connectivity index (χ3n) is 1.38. The number of amides is 1. The predicted molar refractivity (Wildman–Crippen MR) is 45.5 cm³/mol. The van der Waals surface area contributed by atoms with Crippen LogP contribution in [0.4, 0.5) is 0 Å². The summed E-state index contributed by atoms with van der Waals surface area (Å²) in [6.45, 7) is 1.48. The van der Waals surface area contributed by atoms with Crippen LogP contribution in [-0.4, -0.2) is 29.2 Å². The molecule has 0 bridgehead atoms. The summed E-state index contributed by atoms with van der Waals surface area (Å²) in [7, 11) is -4.29. The Labute approximate surface area is 75.8 Å². The summed E-state index contributed by atoms with van der Waals surface area (Å²) in [4.78, 5) is 10.3. The Balaban J connectivity index is 4.85. The van der Waals surface area contributed by atoms with Crippen LogP contribution in [0.15, 0.2) is 11.8 Å². The summed E-state index contributed by atoms with van der Waals surface area (Å²) in [5.74, 6) is -2.01. The Bertz CT molecular complexity index is 318. The largest absolute Gasteiger partial charge is 0.503 e. The van der Waals surface area contributed by atoms with Crippen LogP contribution < -0.4 is 5.73 Å². The SMILES string of the molecule is CCC(C=C(O)C(N)=O)S(=O)(=O)O.